The summed E-state index contributed by atoms with van der Waals surface area (Å²) in [6.45, 7) is 2.28. The molecule has 4 N–H and O–H groups in total. The zero-order valence-electron chi connectivity index (χ0n) is 18.0. The van der Waals surface area contributed by atoms with Crippen molar-refractivity contribution in [2.45, 2.75) is 37.9 Å². The minimum atomic E-state index is -1.29. The van der Waals surface area contributed by atoms with Gasteiger partial charge in [0.2, 0.25) is 6.41 Å². The van der Waals surface area contributed by atoms with Gasteiger partial charge in [-0.3, -0.25) is 14.2 Å². The highest BCUT2D eigenvalue weighted by molar-refractivity contribution is 5.82. The number of hydroxylamine groups is 2. The van der Waals surface area contributed by atoms with E-state index in [1.54, 1.807) is 6.92 Å². The lowest BCUT2D eigenvalue weighted by atomic mass is 10.1. The molecule has 1 aromatic carbocycles. The van der Waals surface area contributed by atoms with Crippen LogP contribution in [-0.2, 0) is 20.8 Å². The van der Waals surface area contributed by atoms with Crippen molar-refractivity contribution in [3.63, 3.8) is 0 Å². The number of fused-ring (bicyclic) bond motifs is 1. The average Bonchev–Trinajstić information content (AvgIpc) is 3.37. The second kappa shape index (κ2) is 10.1. The molecule has 1 aliphatic heterocycles. The number of imidazole rings is 1. The summed E-state index contributed by atoms with van der Waals surface area (Å²) in [6.07, 6.45) is -1.84. The Bertz CT molecular complexity index is 1080. The molecule has 3 heterocycles. The van der Waals surface area contributed by atoms with E-state index in [0.29, 0.717) is 31.5 Å². The van der Waals surface area contributed by atoms with Crippen molar-refractivity contribution in [2.75, 3.05) is 25.5 Å². The Labute approximate surface area is 189 Å². The number of nitrogens with zero attached hydrogens (tertiary/aromatic N) is 5. The topological polar surface area (TPSA) is 158 Å². The molecule has 0 bridgehead atoms. The van der Waals surface area contributed by atoms with Crippen molar-refractivity contribution in [1.29, 1.82) is 0 Å². The number of carbonyl (C=O) groups excluding carboxylic acids is 1. The van der Waals surface area contributed by atoms with Crippen molar-refractivity contribution in [1.82, 2.24) is 24.6 Å². The van der Waals surface area contributed by atoms with Gasteiger partial charge in [-0.05, 0) is 12.5 Å². The molecule has 176 valence electrons. The normalized spacial score (nSPS) is 22.5. The van der Waals surface area contributed by atoms with Gasteiger partial charge in [-0.1, -0.05) is 30.3 Å². The Kier molecular flexibility index (Phi) is 6.99. The first-order valence-electron chi connectivity index (χ1n) is 10.5. The molecule has 1 fully saturated rings. The summed E-state index contributed by atoms with van der Waals surface area (Å²) in [5.74, 6) is 0.117. The predicted molar refractivity (Wildman–Crippen MR) is 116 cm³/mol. The molecule has 0 saturated carbocycles. The molecule has 1 saturated heterocycles. The summed E-state index contributed by atoms with van der Waals surface area (Å²) in [5, 5.41) is 22.1. The number of nitrogen functional groups attached to an aromatic ring is 1. The fraction of sp³-hybridized carbons (Fsp3) is 0.429. The van der Waals surface area contributed by atoms with Gasteiger partial charge in [0.15, 0.2) is 23.2 Å². The zero-order chi connectivity index (χ0) is 23.4. The Morgan fingerprint density at radius 2 is 2.03 bits per heavy atom. The molecule has 12 heteroatoms. The fourth-order valence-corrected chi connectivity index (χ4v) is 3.54. The third-order valence-electron chi connectivity index (χ3n) is 5.34. The maximum atomic E-state index is 10.9. The molecule has 2 aromatic heterocycles. The number of aliphatic hydroxyl groups excluding tert-OH is 2. The van der Waals surface area contributed by atoms with Crippen molar-refractivity contribution in [2.24, 2.45) is 0 Å². The molecule has 1 aliphatic rings. The maximum absolute atomic E-state index is 10.9. The minimum absolute atomic E-state index is 0.0650. The van der Waals surface area contributed by atoms with Crippen LogP contribution in [0.3, 0.4) is 0 Å². The van der Waals surface area contributed by atoms with Gasteiger partial charge in [-0.25, -0.2) is 10.0 Å². The summed E-state index contributed by atoms with van der Waals surface area (Å²) in [4.78, 5) is 28.9. The first kappa shape index (κ1) is 22.9. The van der Waals surface area contributed by atoms with Gasteiger partial charge in [-0.2, -0.15) is 9.97 Å². The number of amides is 1. The highest BCUT2D eigenvalue weighted by Crippen LogP contribution is 2.32. The van der Waals surface area contributed by atoms with E-state index in [-0.39, 0.29) is 24.1 Å². The van der Waals surface area contributed by atoms with E-state index in [1.165, 1.54) is 10.9 Å². The average molecular weight is 458 g/mol. The second-order valence-electron chi connectivity index (χ2n) is 7.48. The Morgan fingerprint density at radius 3 is 2.76 bits per heavy atom. The van der Waals surface area contributed by atoms with E-state index in [0.717, 1.165) is 10.6 Å². The van der Waals surface area contributed by atoms with Crippen LogP contribution < -0.4 is 10.5 Å². The monoisotopic (exact) mass is 458 g/mol. The molecule has 0 radical (unpaired) electrons. The van der Waals surface area contributed by atoms with Crippen LogP contribution in [0.4, 0.5) is 5.82 Å². The van der Waals surface area contributed by atoms with Gasteiger partial charge in [-0.15, -0.1) is 0 Å². The van der Waals surface area contributed by atoms with Gasteiger partial charge in [0, 0.05) is 13.0 Å². The molecule has 4 rings (SSSR count). The lowest BCUT2D eigenvalue weighted by molar-refractivity contribution is -0.189. The van der Waals surface area contributed by atoms with Crippen LogP contribution in [0.15, 0.2) is 36.7 Å². The number of carbonyl (C=O) groups is 1. The van der Waals surface area contributed by atoms with Crippen LogP contribution in [0, 0.1) is 0 Å². The molecule has 12 nitrogen and oxygen atoms in total. The quantitative estimate of drug-likeness (QED) is 0.280. The van der Waals surface area contributed by atoms with E-state index < -0.39 is 24.5 Å². The standard InChI is InChI=1S/C21H26N6O6/c1-2-26(12-28)32-10-14-16(29)17(30)20(33-14)27-11-23-15-18(22)24-21(25-19(15)27)31-9-8-13-6-4-3-5-7-13/h3-7,11-12,14,16-17,20,29-30H,2,8-10H2,1H3,(H2,22,24,25)/t14-,16?,17?,20-/m1/s1. The number of rotatable bonds is 10. The smallest absolute Gasteiger partial charge is 0.320 e. The lowest BCUT2D eigenvalue weighted by Crippen LogP contribution is -2.36. The van der Waals surface area contributed by atoms with Gasteiger partial charge >= 0.3 is 6.01 Å². The summed E-state index contributed by atoms with van der Waals surface area (Å²) in [6, 6.07) is 9.90. The number of aliphatic hydroxyl groups is 2. The number of aromatic nitrogens is 4. The number of hydrogen-bond acceptors (Lipinski definition) is 10. The first-order chi connectivity index (χ1) is 16.0. The highest BCUT2D eigenvalue weighted by Gasteiger charge is 2.44. The van der Waals surface area contributed by atoms with E-state index in [9.17, 15) is 15.0 Å². The molecular weight excluding hydrogens is 432 g/mol. The zero-order valence-corrected chi connectivity index (χ0v) is 18.0. The van der Waals surface area contributed by atoms with E-state index in [4.69, 9.17) is 20.0 Å². The number of nitrogens with two attached hydrogens (primary N) is 1. The predicted octanol–water partition coefficient (Wildman–Crippen LogP) is 0.0591. The number of ether oxygens (including phenoxy) is 2. The van der Waals surface area contributed by atoms with E-state index in [1.807, 2.05) is 30.3 Å². The van der Waals surface area contributed by atoms with E-state index in [2.05, 4.69) is 15.0 Å². The molecule has 4 atom stereocenters. The van der Waals surface area contributed by atoms with Crippen LogP contribution in [-0.4, -0.2) is 79.3 Å². The molecule has 3 aromatic rings. The van der Waals surface area contributed by atoms with Crippen molar-refractivity contribution >= 4 is 23.4 Å². The van der Waals surface area contributed by atoms with Crippen LogP contribution in [0.2, 0.25) is 0 Å². The number of anilines is 1. The summed E-state index contributed by atoms with van der Waals surface area (Å²) < 4.78 is 13.0. The molecule has 0 spiro atoms. The highest BCUT2D eigenvalue weighted by atomic mass is 16.7. The molecule has 2 unspecified atom stereocenters. The fourth-order valence-electron chi connectivity index (χ4n) is 3.54. The van der Waals surface area contributed by atoms with Gasteiger partial charge in [0.05, 0.1) is 12.9 Å². The minimum Gasteiger partial charge on any atom is -0.463 e. The summed E-state index contributed by atoms with van der Waals surface area (Å²) in [5.41, 5.74) is 7.75. The van der Waals surface area contributed by atoms with Crippen LogP contribution in [0.5, 0.6) is 6.01 Å². The summed E-state index contributed by atoms with van der Waals surface area (Å²) >= 11 is 0. The third kappa shape index (κ3) is 4.88. The Morgan fingerprint density at radius 1 is 1.24 bits per heavy atom. The van der Waals surface area contributed by atoms with Gasteiger partial charge in [0.25, 0.3) is 0 Å². The van der Waals surface area contributed by atoms with Gasteiger partial charge in [0.1, 0.15) is 24.9 Å². The van der Waals surface area contributed by atoms with Crippen LogP contribution in [0.1, 0.15) is 18.7 Å². The Balaban J connectivity index is 1.49. The van der Waals surface area contributed by atoms with Crippen LogP contribution in [0.25, 0.3) is 11.2 Å². The largest absolute Gasteiger partial charge is 0.463 e. The lowest BCUT2D eigenvalue weighted by Gasteiger charge is -2.19. The van der Waals surface area contributed by atoms with Crippen molar-refractivity contribution in [3.05, 3.63) is 42.2 Å². The molecule has 1 amide bonds. The Hall–Kier alpha value is -3.32. The third-order valence-corrected chi connectivity index (χ3v) is 5.34. The number of hydrogen-bond donors (Lipinski definition) is 3. The SMILES string of the molecule is CCN(C=O)OC[C@H]1O[C@@H](n2cnc3c(N)nc(OCCc4ccccc4)nc32)C(O)C1O. The number of benzene rings is 1. The van der Waals surface area contributed by atoms with Crippen molar-refractivity contribution < 1.29 is 29.3 Å². The van der Waals surface area contributed by atoms with Crippen molar-refractivity contribution in [3.8, 4) is 6.01 Å². The molecule has 0 aliphatic carbocycles. The second-order valence-corrected chi connectivity index (χ2v) is 7.48. The first-order valence-corrected chi connectivity index (χ1v) is 10.5. The van der Waals surface area contributed by atoms with E-state index >= 15 is 0 Å². The molecule has 33 heavy (non-hydrogen) atoms. The van der Waals surface area contributed by atoms with Gasteiger partial charge < -0.3 is 25.4 Å². The van der Waals surface area contributed by atoms with Crippen LogP contribution >= 0.6 is 0 Å². The molecular formula is C21H26N6O6. The maximum Gasteiger partial charge on any atom is 0.320 e. The summed E-state index contributed by atoms with van der Waals surface area (Å²) in [7, 11) is 0.